The third-order valence-electron chi connectivity index (χ3n) is 5.28. The standard InChI is InChI=1S/C19H26F2N4O3/c1-2-28-19(27)25-7-5-15(6-8-25)23-9-11-24(12-10-23)18(26)22-17-4-3-14(20)13-16(17)21/h3-4,13,15H,2,5-12H2,1H3,(H,22,26). The predicted molar refractivity (Wildman–Crippen MR) is 100 cm³/mol. The molecule has 2 saturated heterocycles. The van der Waals surface area contributed by atoms with Crippen LogP contribution in [-0.4, -0.2) is 78.7 Å². The highest BCUT2D eigenvalue weighted by atomic mass is 19.1. The minimum absolute atomic E-state index is 0.0276. The van der Waals surface area contributed by atoms with Crippen LogP contribution in [0.2, 0.25) is 0 Å². The Balaban J connectivity index is 1.44. The molecule has 0 aromatic heterocycles. The Kier molecular flexibility index (Phi) is 6.66. The molecule has 2 aliphatic heterocycles. The first kappa shape index (κ1) is 20.3. The number of amides is 3. The van der Waals surface area contributed by atoms with Crippen molar-refractivity contribution in [2.75, 3.05) is 51.2 Å². The Morgan fingerprint density at radius 3 is 2.36 bits per heavy atom. The van der Waals surface area contributed by atoms with E-state index in [1.54, 1.807) is 16.7 Å². The molecule has 1 aromatic rings. The maximum Gasteiger partial charge on any atom is 0.409 e. The summed E-state index contributed by atoms with van der Waals surface area (Å²) in [5.41, 5.74) is -0.0276. The zero-order valence-corrected chi connectivity index (χ0v) is 16.0. The van der Waals surface area contributed by atoms with Crippen LogP contribution in [0, 0.1) is 11.6 Å². The van der Waals surface area contributed by atoms with Gasteiger partial charge in [0.05, 0.1) is 12.3 Å². The number of hydrogen-bond donors (Lipinski definition) is 1. The van der Waals surface area contributed by atoms with Gasteiger partial charge in [-0.3, -0.25) is 4.90 Å². The van der Waals surface area contributed by atoms with Crippen LogP contribution in [-0.2, 0) is 4.74 Å². The Bertz CT molecular complexity index is 702. The smallest absolute Gasteiger partial charge is 0.409 e. The van der Waals surface area contributed by atoms with Gasteiger partial charge in [0.15, 0.2) is 0 Å². The molecule has 2 heterocycles. The number of ether oxygens (including phenoxy) is 1. The van der Waals surface area contributed by atoms with Gasteiger partial charge in [-0.25, -0.2) is 18.4 Å². The highest BCUT2D eigenvalue weighted by molar-refractivity contribution is 5.89. The van der Waals surface area contributed by atoms with Crippen LogP contribution in [0.25, 0.3) is 0 Å². The Morgan fingerprint density at radius 2 is 1.75 bits per heavy atom. The molecule has 0 aliphatic carbocycles. The summed E-state index contributed by atoms with van der Waals surface area (Å²) in [6.07, 6.45) is 1.51. The van der Waals surface area contributed by atoms with Crippen molar-refractivity contribution in [3.05, 3.63) is 29.8 Å². The number of rotatable bonds is 3. The number of urea groups is 1. The molecule has 2 fully saturated rings. The number of anilines is 1. The minimum atomic E-state index is -0.791. The van der Waals surface area contributed by atoms with Gasteiger partial charge in [-0.05, 0) is 31.9 Å². The Morgan fingerprint density at radius 1 is 1.07 bits per heavy atom. The number of likely N-dealkylation sites (tertiary alicyclic amines) is 1. The second-order valence-corrected chi connectivity index (χ2v) is 6.99. The Labute approximate surface area is 163 Å². The summed E-state index contributed by atoms with van der Waals surface area (Å²) in [5, 5.41) is 2.50. The van der Waals surface area contributed by atoms with E-state index in [0.717, 1.165) is 38.1 Å². The van der Waals surface area contributed by atoms with Crippen molar-refractivity contribution >= 4 is 17.8 Å². The summed E-state index contributed by atoms with van der Waals surface area (Å²) in [6, 6.07) is 3.07. The molecule has 28 heavy (non-hydrogen) atoms. The fraction of sp³-hybridized carbons (Fsp3) is 0.579. The fourth-order valence-electron chi connectivity index (χ4n) is 3.70. The molecule has 0 spiro atoms. The lowest BCUT2D eigenvalue weighted by Gasteiger charge is -2.42. The number of hydrogen-bond acceptors (Lipinski definition) is 4. The molecule has 0 unspecified atom stereocenters. The Hall–Kier alpha value is -2.42. The summed E-state index contributed by atoms with van der Waals surface area (Å²) in [5.74, 6) is -1.47. The van der Waals surface area contributed by atoms with Crippen molar-refractivity contribution in [2.45, 2.75) is 25.8 Å². The van der Waals surface area contributed by atoms with Gasteiger partial charge in [-0.1, -0.05) is 0 Å². The average Bonchev–Trinajstić information content (AvgIpc) is 2.70. The first-order chi connectivity index (χ1) is 13.5. The largest absolute Gasteiger partial charge is 0.450 e. The first-order valence-electron chi connectivity index (χ1n) is 9.64. The highest BCUT2D eigenvalue weighted by Gasteiger charge is 2.30. The molecular weight excluding hydrogens is 370 g/mol. The number of nitrogens with one attached hydrogen (secondary N) is 1. The molecule has 0 atom stereocenters. The fourth-order valence-corrected chi connectivity index (χ4v) is 3.70. The van der Waals surface area contributed by atoms with Crippen molar-refractivity contribution in [1.29, 1.82) is 0 Å². The SMILES string of the molecule is CCOC(=O)N1CCC(N2CCN(C(=O)Nc3ccc(F)cc3F)CC2)CC1. The maximum absolute atomic E-state index is 13.7. The second kappa shape index (κ2) is 9.18. The van der Waals surface area contributed by atoms with Crippen molar-refractivity contribution < 1.29 is 23.1 Å². The number of piperidine rings is 1. The van der Waals surface area contributed by atoms with Crippen molar-refractivity contribution in [2.24, 2.45) is 0 Å². The van der Waals surface area contributed by atoms with E-state index in [4.69, 9.17) is 4.74 Å². The minimum Gasteiger partial charge on any atom is -0.450 e. The number of nitrogens with zero attached hydrogens (tertiary/aromatic N) is 3. The van der Waals surface area contributed by atoms with Gasteiger partial charge in [-0.2, -0.15) is 0 Å². The van der Waals surface area contributed by atoms with Crippen LogP contribution in [0.15, 0.2) is 18.2 Å². The van der Waals surface area contributed by atoms with Crippen LogP contribution in [0.4, 0.5) is 24.1 Å². The van der Waals surface area contributed by atoms with E-state index in [2.05, 4.69) is 10.2 Å². The zero-order valence-electron chi connectivity index (χ0n) is 16.0. The molecule has 7 nitrogen and oxygen atoms in total. The lowest BCUT2D eigenvalue weighted by atomic mass is 10.0. The number of halogens is 2. The van der Waals surface area contributed by atoms with Gasteiger partial charge in [-0.15, -0.1) is 0 Å². The van der Waals surface area contributed by atoms with Gasteiger partial charge in [0.1, 0.15) is 11.6 Å². The molecule has 3 rings (SSSR count). The average molecular weight is 396 g/mol. The lowest BCUT2D eigenvalue weighted by molar-refractivity contribution is 0.0581. The number of piperazine rings is 1. The van der Waals surface area contributed by atoms with Crippen LogP contribution in [0.3, 0.4) is 0 Å². The quantitative estimate of drug-likeness (QED) is 0.853. The molecule has 1 aromatic carbocycles. The van der Waals surface area contributed by atoms with E-state index in [-0.39, 0.29) is 17.8 Å². The van der Waals surface area contributed by atoms with Gasteiger partial charge in [0.2, 0.25) is 0 Å². The van der Waals surface area contributed by atoms with Crippen LogP contribution >= 0.6 is 0 Å². The molecule has 9 heteroatoms. The normalized spacial score (nSPS) is 18.8. The van der Waals surface area contributed by atoms with E-state index in [1.165, 1.54) is 6.07 Å². The lowest BCUT2D eigenvalue weighted by Crippen LogP contribution is -2.55. The third kappa shape index (κ3) is 4.89. The summed E-state index contributed by atoms with van der Waals surface area (Å²) >= 11 is 0. The monoisotopic (exact) mass is 396 g/mol. The molecule has 1 N–H and O–H groups in total. The summed E-state index contributed by atoms with van der Waals surface area (Å²) in [6.45, 7) is 6.05. The highest BCUT2D eigenvalue weighted by Crippen LogP contribution is 2.20. The number of carbonyl (C=O) groups excluding carboxylic acids is 2. The van der Waals surface area contributed by atoms with Gasteiger partial charge in [0.25, 0.3) is 0 Å². The van der Waals surface area contributed by atoms with E-state index >= 15 is 0 Å². The van der Waals surface area contributed by atoms with Gasteiger partial charge >= 0.3 is 12.1 Å². The van der Waals surface area contributed by atoms with E-state index in [1.807, 2.05) is 0 Å². The van der Waals surface area contributed by atoms with Crippen LogP contribution in [0.5, 0.6) is 0 Å². The molecule has 3 amide bonds. The first-order valence-corrected chi connectivity index (χ1v) is 9.64. The van der Waals surface area contributed by atoms with Crippen LogP contribution < -0.4 is 5.32 Å². The van der Waals surface area contributed by atoms with E-state index in [9.17, 15) is 18.4 Å². The van der Waals surface area contributed by atoms with E-state index < -0.39 is 11.6 Å². The molecular formula is C19H26F2N4O3. The second-order valence-electron chi connectivity index (χ2n) is 6.99. The van der Waals surface area contributed by atoms with Crippen LogP contribution in [0.1, 0.15) is 19.8 Å². The maximum atomic E-state index is 13.7. The topological polar surface area (TPSA) is 65.1 Å². The predicted octanol–water partition coefficient (Wildman–Crippen LogP) is 2.74. The molecule has 0 saturated carbocycles. The molecule has 0 bridgehead atoms. The van der Waals surface area contributed by atoms with Gasteiger partial charge < -0.3 is 19.9 Å². The summed E-state index contributed by atoms with van der Waals surface area (Å²) in [7, 11) is 0. The molecule has 154 valence electrons. The van der Waals surface area contributed by atoms with Gasteiger partial charge in [0, 0.05) is 51.4 Å². The zero-order chi connectivity index (χ0) is 20.1. The van der Waals surface area contributed by atoms with E-state index in [0.29, 0.717) is 38.8 Å². The van der Waals surface area contributed by atoms with Crippen molar-refractivity contribution in [3.63, 3.8) is 0 Å². The summed E-state index contributed by atoms with van der Waals surface area (Å²) < 4.78 is 31.7. The molecule has 2 aliphatic rings. The summed E-state index contributed by atoms with van der Waals surface area (Å²) in [4.78, 5) is 29.8. The number of benzene rings is 1. The third-order valence-corrected chi connectivity index (χ3v) is 5.28. The van der Waals surface area contributed by atoms with Crippen molar-refractivity contribution in [3.8, 4) is 0 Å². The van der Waals surface area contributed by atoms with Crippen molar-refractivity contribution in [1.82, 2.24) is 14.7 Å². The molecule has 0 radical (unpaired) electrons. The number of carbonyl (C=O) groups is 2.